The van der Waals surface area contributed by atoms with Crippen molar-refractivity contribution in [3.05, 3.63) is 24.2 Å². The zero-order valence-electron chi connectivity index (χ0n) is 32.9. The predicted molar refractivity (Wildman–Crippen MR) is 180 cm³/mol. The first kappa shape index (κ1) is 38.4. The summed E-state index contributed by atoms with van der Waals surface area (Å²) in [5.41, 5.74) is -16.8. The van der Waals surface area contributed by atoms with Gasteiger partial charge in [-0.15, -0.1) is 0 Å². The number of cyclic esters (lactones) is 1. The van der Waals surface area contributed by atoms with Gasteiger partial charge in [-0.05, 0) is 24.8 Å². The number of rotatable bonds is 8. The minimum Gasteiger partial charge on any atom is -0.472 e. The quantitative estimate of drug-likeness (QED) is 0.278. The Balaban J connectivity index is 1.46. The van der Waals surface area contributed by atoms with Crippen molar-refractivity contribution in [1.82, 2.24) is 0 Å². The van der Waals surface area contributed by atoms with Crippen LogP contribution in [0.25, 0.3) is 0 Å². The zero-order valence-corrected chi connectivity index (χ0v) is 32.9. The molecule has 3 saturated heterocycles. The fourth-order valence-corrected chi connectivity index (χ4v) is 13.9. The molecule has 5 saturated carbocycles. The van der Waals surface area contributed by atoms with Crippen LogP contribution in [0, 0.1) is 33.5 Å². The van der Waals surface area contributed by atoms with Gasteiger partial charge in [0.15, 0.2) is 17.3 Å². The minimum absolute atomic E-state index is 0.240. The lowest BCUT2D eigenvalue weighted by Gasteiger charge is -2.76. The number of hydrogen-bond donors (Lipinski definition) is 2. The Labute approximate surface area is 326 Å². The highest BCUT2D eigenvalue weighted by Crippen LogP contribution is 2.95. The van der Waals surface area contributed by atoms with Gasteiger partial charge >= 0.3 is 35.8 Å². The molecule has 5 aliphatic carbocycles. The Morgan fingerprint density at radius 2 is 1.54 bits per heavy atom. The molecule has 0 radical (unpaired) electrons. The molecule has 0 aromatic carbocycles. The maximum Gasteiger partial charge on any atom is 0.348 e. The van der Waals surface area contributed by atoms with E-state index in [4.69, 9.17) is 47.0 Å². The second-order valence-corrected chi connectivity index (χ2v) is 18.0. The lowest BCUT2D eigenvalue weighted by Crippen LogP contribution is -2.97. The smallest absolute Gasteiger partial charge is 0.348 e. The van der Waals surface area contributed by atoms with Gasteiger partial charge in [0.25, 0.3) is 5.97 Å². The van der Waals surface area contributed by atoms with Gasteiger partial charge in [0, 0.05) is 50.5 Å². The van der Waals surface area contributed by atoms with Crippen LogP contribution in [0.4, 0.5) is 0 Å². The molecule has 4 heterocycles. The summed E-state index contributed by atoms with van der Waals surface area (Å²) < 4.78 is 62.4. The van der Waals surface area contributed by atoms with Crippen molar-refractivity contribution in [3.8, 4) is 0 Å². The maximum atomic E-state index is 14.7. The summed E-state index contributed by atoms with van der Waals surface area (Å²) in [6.45, 7) is 11.0. The van der Waals surface area contributed by atoms with E-state index in [0.29, 0.717) is 5.56 Å². The first-order valence-electron chi connectivity index (χ1n) is 19.0. The van der Waals surface area contributed by atoms with Gasteiger partial charge in [0.2, 0.25) is 6.10 Å². The number of methoxy groups -OCH3 is 1. The summed E-state index contributed by atoms with van der Waals surface area (Å²) in [6, 6.07) is 1.53. The molecule has 16 atom stereocenters. The number of esters is 6. The Morgan fingerprint density at radius 3 is 2.12 bits per heavy atom. The van der Waals surface area contributed by atoms with E-state index in [9.17, 15) is 39.0 Å². The molecular formula is C39H46O18. The first-order valence-corrected chi connectivity index (χ1v) is 19.0. The summed E-state index contributed by atoms with van der Waals surface area (Å²) in [5.74, 6) is -9.42. The normalized spacial score (nSPS) is 51.2. The third-order valence-electron chi connectivity index (χ3n) is 15.3. The van der Waals surface area contributed by atoms with Crippen LogP contribution in [-0.2, 0) is 71.4 Å². The number of ether oxygens (including phenoxy) is 9. The van der Waals surface area contributed by atoms with Crippen LogP contribution in [-0.4, -0.2) is 112 Å². The van der Waals surface area contributed by atoms with Gasteiger partial charge < -0.3 is 57.3 Å². The van der Waals surface area contributed by atoms with Crippen molar-refractivity contribution in [2.75, 3.05) is 7.11 Å². The maximum absolute atomic E-state index is 14.7. The molecule has 4 bridgehead atoms. The van der Waals surface area contributed by atoms with E-state index in [0.717, 1.165) is 13.8 Å². The molecular weight excluding hydrogens is 756 g/mol. The second kappa shape index (κ2) is 10.9. The molecule has 0 amide bonds. The summed E-state index contributed by atoms with van der Waals surface area (Å²) in [7, 11) is 1.18. The van der Waals surface area contributed by atoms with Gasteiger partial charge in [0.1, 0.15) is 35.6 Å². The average Bonchev–Trinajstić information content (AvgIpc) is 3.47. The molecule has 0 unspecified atom stereocenters. The first-order chi connectivity index (χ1) is 26.5. The van der Waals surface area contributed by atoms with Crippen molar-refractivity contribution in [2.24, 2.45) is 33.5 Å². The fourth-order valence-electron chi connectivity index (χ4n) is 13.9. The fraction of sp³-hybridized carbons (Fsp3) is 0.744. The van der Waals surface area contributed by atoms with E-state index >= 15 is 0 Å². The minimum atomic E-state index is -2.80. The van der Waals surface area contributed by atoms with E-state index < -0.39 is 141 Å². The monoisotopic (exact) mass is 802 g/mol. The van der Waals surface area contributed by atoms with Crippen LogP contribution in [0.1, 0.15) is 86.3 Å². The van der Waals surface area contributed by atoms with Crippen LogP contribution in [0.2, 0.25) is 0 Å². The van der Waals surface area contributed by atoms with Crippen molar-refractivity contribution in [3.63, 3.8) is 0 Å². The molecule has 57 heavy (non-hydrogen) atoms. The third kappa shape index (κ3) is 3.74. The third-order valence-corrected chi connectivity index (χ3v) is 15.3. The van der Waals surface area contributed by atoms with Crippen molar-refractivity contribution < 1.29 is 86.0 Å². The molecule has 18 heteroatoms. The highest BCUT2D eigenvalue weighted by Gasteiger charge is 3.11. The Bertz CT molecular complexity index is 2030. The molecule has 310 valence electrons. The lowest BCUT2D eigenvalue weighted by molar-refractivity contribution is -0.453. The van der Waals surface area contributed by atoms with E-state index in [1.165, 1.54) is 53.4 Å². The van der Waals surface area contributed by atoms with E-state index in [1.807, 2.05) is 0 Å². The topological polar surface area (TPSA) is 239 Å². The number of furan rings is 1. The number of carbonyl (C=O) groups is 6. The lowest BCUT2D eigenvalue weighted by atomic mass is 9.33. The molecule has 8 fully saturated rings. The molecule has 1 aromatic rings. The number of aliphatic hydroxyl groups is 2. The van der Waals surface area contributed by atoms with Crippen molar-refractivity contribution in [2.45, 2.75) is 140 Å². The van der Waals surface area contributed by atoms with Crippen LogP contribution >= 0.6 is 0 Å². The van der Waals surface area contributed by atoms with Crippen LogP contribution in [0.5, 0.6) is 0 Å². The molecule has 1 spiro atoms. The summed E-state index contributed by atoms with van der Waals surface area (Å²) in [6.07, 6.45) is -8.37. The second-order valence-electron chi connectivity index (χ2n) is 18.0. The summed E-state index contributed by atoms with van der Waals surface area (Å²) >= 11 is 0. The van der Waals surface area contributed by atoms with Crippen LogP contribution in [0.15, 0.2) is 23.0 Å². The number of carbonyl (C=O) groups excluding carboxylic acids is 6. The number of hydrogen-bond acceptors (Lipinski definition) is 18. The van der Waals surface area contributed by atoms with E-state index in [-0.39, 0.29) is 12.8 Å². The molecule has 2 N–H and O–H groups in total. The van der Waals surface area contributed by atoms with Gasteiger partial charge in [-0.2, -0.15) is 0 Å². The van der Waals surface area contributed by atoms with Gasteiger partial charge in [-0.1, -0.05) is 27.7 Å². The van der Waals surface area contributed by atoms with Gasteiger partial charge in [-0.3, -0.25) is 24.0 Å². The highest BCUT2D eigenvalue weighted by atomic mass is 17.0. The molecule has 8 aliphatic rings. The largest absolute Gasteiger partial charge is 0.472 e. The van der Waals surface area contributed by atoms with Crippen molar-refractivity contribution in [1.29, 1.82) is 0 Å². The Kier molecular flexibility index (Phi) is 7.37. The standard InChI is InChI=1S/C39H46O18/c1-16(2)27(44)54-30-37(47)29(52-19(5)42)31(6)14-36(37,46)32(7,21(31)12-22(43)48-9)38-25-24(50-17(3)40)34-15-35(34,39(30,38)57-33(8,55-25)56-38)26(51-18(4)41)28(45)53-23(34)20-10-11-49-13-20/h10-11,13,16,21,23-26,29-30,46-47H,12,14-15H2,1-9H3/t21-,23-,24-,25+,26-,29-,30+,31+,32+,33+,34+,35+,36+,37+,38-,39-/m0/s1. The van der Waals surface area contributed by atoms with Gasteiger partial charge in [-0.25, -0.2) is 4.79 Å². The summed E-state index contributed by atoms with van der Waals surface area (Å²) in [4.78, 5) is 82.0. The zero-order chi connectivity index (χ0) is 41.5. The molecule has 1 aromatic heterocycles. The van der Waals surface area contributed by atoms with E-state index in [2.05, 4.69) is 0 Å². The van der Waals surface area contributed by atoms with E-state index in [1.54, 1.807) is 13.8 Å². The Morgan fingerprint density at radius 1 is 0.895 bits per heavy atom. The molecule has 18 nitrogen and oxygen atoms in total. The van der Waals surface area contributed by atoms with Gasteiger partial charge in [0.05, 0.1) is 36.4 Å². The summed E-state index contributed by atoms with van der Waals surface area (Å²) in [5, 5.41) is 27.6. The number of fused-ring (bicyclic) bond motifs is 2. The SMILES string of the molecule is COC(=O)C[C@H]1[C@@]2(C)C[C@]3(O)[C@](O)([C@@H](OC(=O)C(C)C)[C@]45O[C@]6(C)O[C@H]([C@H](OC(C)=O)[C@]78C[C@@]74[C@@H](OC(C)=O)C(=O)O[C@H]8c4ccoc4)[C@]5(O6)[C@]13C)[C@H]2OC(C)=O. The Hall–Kier alpha value is -4.10. The van der Waals surface area contributed by atoms with Crippen LogP contribution < -0.4 is 0 Å². The highest BCUT2D eigenvalue weighted by molar-refractivity contribution is 5.84. The molecule has 3 aliphatic heterocycles. The van der Waals surface area contributed by atoms with Crippen LogP contribution in [0.3, 0.4) is 0 Å². The predicted octanol–water partition coefficient (Wildman–Crippen LogP) is 1.31. The van der Waals surface area contributed by atoms with Crippen molar-refractivity contribution >= 4 is 35.8 Å². The molecule has 9 rings (SSSR count). The average molecular weight is 803 g/mol.